The van der Waals surface area contributed by atoms with Crippen LogP contribution in [0.5, 0.6) is 5.88 Å². The van der Waals surface area contributed by atoms with E-state index in [4.69, 9.17) is 4.74 Å². The largest absolute Gasteiger partial charge is 0.481 e. The number of hydrogen-bond donors (Lipinski definition) is 1. The first-order chi connectivity index (χ1) is 9.11. The van der Waals surface area contributed by atoms with Crippen molar-refractivity contribution < 1.29 is 14.6 Å². The molecule has 0 radical (unpaired) electrons. The van der Waals surface area contributed by atoms with Crippen LogP contribution in [-0.2, 0) is 4.79 Å². The second kappa shape index (κ2) is 5.42. The fraction of sp³-hybridized carbons (Fsp3) is 0.615. The Morgan fingerprint density at radius 3 is 3.00 bits per heavy atom. The lowest BCUT2D eigenvalue weighted by atomic mass is 9.83. The fourth-order valence-electron chi connectivity index (χ4n) is 2.62. The zero-order chi connectivity index (χ0) is 13.9. The minimum atomic E-state index is -0.715. The number of methoxy groups -OCH3 is 1. The van der Waals surface area contributed by atoms with Gasteiger partial charge in [0, 0.05) is 13.1 Å². The molecule has 1 aliphatic rings. The van der Waals surface area contributed by atoms with Gasteiger partial charge in [-0.25, -0.2) is 0 Å². The van der Waals surface area contributed by atoms with Crippen LogP contribution < -0.4 is 9.64 Å². The van der Waals surface area contributed by atoms with E-state index in [1.165, 1.54) is 13.3 Å². The lowest BCUT2D eigenvalue weighted by Gasteiger charge is -2.24. The molecule has 2 rings (SSSR count). The van der Waals surface area contributed by atoms with Crippen LogP contribution in [0.15, 0.2) is 12.4 Å². The molecule has 0 saturated carbocycles. The smallest absolute Gasteiger partial charge is 0.311 e. The van der Waals surface area contributed by atoms with Gasteiger partial charge in [-0.1, -0.05) is 13.3 Å². The van der Waals surface area contributed by atoms with Crippen LogP contribution in [-0.4, -0.2) is 41.2 Å². The predicted molar refractivity (Wildman–Crippen MR) is 70.4 cm³/mol. The third-order valence-electron chi connectivity index (χ3n) is 3.67. The molecule has 1 N–H and O–H groups in total. The second-order valence-electron chi connectivity index (χ2n) is 4.93. The molecule has 6 heteroatoms. The van der Waals surface area contributed by atoms with Crippen LogP contribution in [0.1, 0.15) is 26.2 Å². The fourth-order valence-corrected chi connectivity index (χ4v) is 2.62. The Hall–Kier alpha value is -1.85. The average molecular weight is 265 g/mol. The van der Waals surface area contributed by atoms with Gasteiger partial charge in [0.25, 0.3) is 0 Å². The highest BCUT2D eigenvalue weighted by Gasteiger charge is 2.44. The number of anilines is 1. The van der Waals surface area contributed by atoms with E-state index in [0.29, 0.717) is 37.6 Å². The van der Waals surface area contributed by atoms with Crippen LogP contribution in [0, 0.1) is 5.41 Å². The Bertz CT molecular complexity index is 466. The number of nitrogens with zero attached hydrogens (tertiary/aromatic N) is 3. The van der Waals surface area contributed by atoms with E-state index in [0.717, 1.165) is 6.42 Å². The van der Waals surface area contributed by atoms with Crippen LogP contribution in [0.2, 0.25) is 0 Å². The van der Waals surface area contributed by atoms with Crippen LogP contribution in [0.25, 0.3) is 0 Å². The molecule has 104 valence electrons. The number of carboxylic acid groups (broad SMARTS) is 1. The molecule has 1 saturated heterocycles. The summed E-state index contributed by atoms with van der Waals surface area (Å²) in [5, 5.41) is 9.47. The maximum absolute atomic E-state index is 11.5. The third-order valence-corrected chi connectivity index (χ3v) is 3.67. The number of aromatic nitrogens is 2. The summed E-state index contributed by atoms with van der Waals surface area (Å²) in [4.78, 5) is 21.9. The van der Waals surface area contributed by atoms with Gasteiger partial charge in [0.1, 0.15) is 0 Å². The predicted octanol–water partition coefficient (Wildman–Crippen LogP) is 1.57. The molecule has 1 fully saturated rings. The van der Waals surface area contributed by atoms with Crippen molar-refractivity contribution in [2.45, 2.75) is 26.2 Å². The number of ether oxygens (including phenoxy) is 1. The van der Waals surface area contributed by atoms with Gasteiger partial charge in [0.2, 0.25) is 5.88 Å². The molecule has 2 heterocycles. The summed E-state index contributed by atoms with van der Waals surface area (Å²) in [6.07, 6.45) is 5.39. The first-order valence-electron chi connectivity index (χ1n) is 6.45. The van der Waals surface area contributed by atoms with E-state index in [2.05, 4.69) is 9.97 Å². The Kier molecular flexibility index (Phi) is 3.87. The number of hydrogen-bond acceptors (Lipinski definition) is 5. The second-order valence-corrected chi connectivity index (χ2v) is 4.93. The van der Waals surface area contributed by atoms with E-state index >= 15 is 0 Å². The van der Waals surface area contributed by atoms with Gasteiger partial charge < -0.3 is 14.7 Å². The summed E-state index contributed by atoms with van der Waals surface area (Å²) in [5.74, 6) is 0.409. The van der Waals surface area contributed by atoms with Gasteiger partial charge in [-0.3, -0.25) is 9.78 Å². The monoisotopic (exact) mass is 265 g/mol. The molecule has 1 aromatic rings. The topological polar surface area (TPSA) is 75.5 Å². The Labute approximate surface area is 112 Å². The molecule has 6 nitrogen and oxygen atoms in total. The normalized spacial score (nSPS) is 22.5. The minimum absolute atomic E-state index is 0.445. The van der Waals surface area contributed by atoms with Crippen molar-refractivity contribution in [2.24, 2.45) is 5.41 Å². The quantitative estimate of drug-likeness (QED) is 0.871. The maximum Gasteiger partial charge on any atom is 0.311 e. The molecule has 0 aliphatic carbocycles. The molecule has 1 aliphatic heterocycles. The molecule has 0 aromatic carbocycles. The zero-order valence-electron chi connectivity index (χ0n) is 11.3. The van der Waals surface area contributed by atoms with E-state index < -0.39 is 11.4 Å². The van der Waals surface area contributed by atoms with Crippen molar-refractivity contribution in [3.8, 4) is 5.88 Å². The number of rotatable bonds is 5. The van der Waals surface area contributed by atoms with Crippen molar-refractivity contribution in [3.63, 3.8) is 0 Å². The zero-order valence-corrected chi connectivity index (χ0v) is 11.3. The van der Waals surface area contributed by atoms with Crippen molar-refractivity contribution in [1.29, 1.82) is 0 Å². The van der Waals surface area contributed by atoms with Crippen molar-refractivity contribution in [2.75, 3.05) is 25.1 Å². The summed E-state index contributed by atoms with van der Waals surface area (Å²) >= 11 is 0. The van der Waals surface area contributed by atoms with Crippen LogP contribution >= 0.6 is 0 Å². The first-order valence-corrected chi connectivity index (χ1v) is 6.45. The lowest BCUT2D eigenvalue weighted by molar-refractivity contribution is -0.148. The SMILES string of the molecule is CCCC1(C(=O)O)CCN(c2cncc(OC)n2)C1. The van der Waals surface area contributed by atoms with Crippen molar-refractivity contribution in [3.05, 3.63) is 12.4 Å². The number of carbonyl (C=O) groups is 1. The number of aliphatic carboxylic acids is 1. The molecule has 1 unspecified atom stereocenters. The van der Waals surface area contributed by atoms with Crippen LogP contribution in [0.4, 0.5) is 5.82 Å². The lowest BCUT2D eigenvalue weighted by Crippen LogP contribution is -2.34. The summed E-state index contributed by atoms with van der Waals surface area (Å²) in [7, 11) is 1.54. The molecule has 0 amide bonds. The van der Waals surface area contributed by atoms with Gasteiger partial charge >= 0.3 is 5.97 Å². The summed E-state index contributed by atoms with van der Waals surface area (Å²) < 4.78 is 5.04. The summed E-state index contributed by atoms with van der Waals surface area (Å²) in [5.41, 5.74) is -0.653. The van der Waals surface area contributed by atoms with E-state index in [1.54, 1.807) is 6.20 Å². The highest BCUT2D eigenvalue weighted by atomic mass is 16.5. The molecule has 0 spiro atoms. The third kappa shape index (κ3) is 2.62. The maximum atomic E-state index is 11.5. The number of carboxylic acids is 1. The standard InChI is InChI=1S/C13H19N3O3/c1-3-4-13(12(17)18)5-6-16(9-13)10-7-14-8-11(15-10)19-2/h7-8H,3-6,9H2,1-2H3,(H,17,18). The van der Waals surface area contributed by atoms with Gasteiger partial charge in [0.05, 0.1) is 24.9 Å². The van der Waals surface area contributed by atoms with Gasteiger partial charge in [-0.05, 0) is 12.8 Å². The Balaban J connectivity index is 2.18. The highest BCUT2D eigenvalue weighted by Crippen LogP contribution is 2.37. The van der Waals surface area contributed by atoms with Crippen molar-refractivity contribution in [1.82, 2.24) is 9.97 Å². The van der Waals surface area contributed by atoms with Gasteiger partial charge in [-0.2, -0.15) is 4.98 Å². The molecule has 0 bridgehead atoms. The van der Waals surface area contributed by atoms with E-state index in [9.17, 15) is 9.90 Å². The minimum Gasteiger partial charge on any atom is -0.481 e. The average Bonchev–Trinajstić information content (AvgIpc) is 2.85. The first kappa shape index (κ1) is 13.6. The molecular weight excluding hydrogens is 246 g/mol. The van der Waals surface area contributed by atoms with Crippen molar-refractivity contribution >= 4 is 11.8 Å². The Morgan fingerprint density at radius 2 is 2.37 bits per heavy atom. The summed E-state index contributed by atoms with van der Waals surface area (Å²) in [6, 6.07) is 0. The highest BCUT2D eigenvalue weighted by molar-refractivity contribution is 5.76. The molecule has 1 aromatic heterocycles. The van der Waals surface area contributed by atoms with E-state index in [-0.39, 0.29) is 0 Å². The Morgan fingerprint density at radius 1 is 1.58 bits per heavy atom. The van der Waals surface area contributed by atoms with Gasteiger partial charge in [0.15, 0.2) is 5.82 Å². The van der Waals surface area contributed by atoms with E-state index in [1.807, 2.05) is 11.8 Å². The molecule has 19 heavy (non-hydrogen) atoms. The van der Waals surface area contributed by atoms with Gasteiger partial charge in [-0.15, -0.1) is 0 Å². The molecular formula is C13H19N3O3. The molecule has 1 atom stereocenters. The summed E-state index contributed by atoms with van der Waals surface area (Å²) in [6.45, 7) is 3.19. The van der Waals surface area contributed by atoms with Crippen LogP contribution in [0.3, 0.4) is 0 Å².